The van der Waals surface area contributed by atoms with E-state index in [1.807, 2.05) is 0 Å². The van der Waals surface area contributed by atoms with Crippen molar-refractivity contribution in [2.45, 2.75) is 44.7 Å². The number of aromatic nitrogens is 2. The number of hydrogen-bond donors (Lipinski definition) is 5. The second-order valence-electron chi connectivity index (χ2n) is 5.69. The largest absolute Gasteiger partial charge is 2.00 e. The van der Waals surface area contributed by atoms with E-state index < -0.39 is 35.8 Å². The summed E-state index contributed by atoms with van der Waals surface area (Å²) in [5.41, 5.74) is 11.1. The van der Waals surface area contributed by atoms with Crippen LogP contribution in [-0.4, -0.2) is 64.0 Å². The third kappa shape index (κ3) is 14.2. The Hall–Kier alpha value is -2.47. The van der Waals surface area contributed by atoms with Gasteiger partial charge < -0.3 is 46.9 Å². The fourth-order valence-electron chi connectivity index (χ4n) is 2.03. The van der Waals surface area contributed by atoms with Crippen molar-refractivity contribution in [1.29, 1.82) is 0 Å². The fraction of sp³-hybridized carbons (Fsp3) is 0.562. The molecule has 13 heteroatoms. The molecule has 7 N–H and O–H groups in total. The van der Waals surface area contributed by atoms with Crippen molar-refractivity contribution in [1.82, 2.24) is 15.3 Å². The Morgan fingerprint density at radius 1 is 1.31 bits per heavy atom. The number of imidazole rings is 1. The fourth-order valence-corrected chi connectivity index (χ4v) is 2.03. The Labute approximate surface area is 178 Å². The summed E-state index contributed by atoms with van der Waals surface area (Å²) in [7, 11) is 0. The van der Waals surface area contributed by atoms with E-state index >= 15 is 0 Å². The molecule has 0 spiro atoms. The first-order valence-corrected chi connectivity index (χ1v) is 8.53. The number of nitrogens with two attached hydrogens (primary N) is 2. The summed E-state index contributed by atoms with van der Waals surface area (Å²) >= 11 is 0. The quantitative estimate of drug-likeness (QED) is 0.175. The van der Waals surface area contributed by atoms with Gasteiger partial charge in [0.25, 0.3) is 5.97 Å². The minimum atomic E-state index is -1.40. The maximum atomic E-state index is 12.3. The molecule has 0 saturated heterocycles. The van der Waals surface area contributed by atoms with Crippen molar-refractivity contribution in [2.75, 3.05) is 13.1 Å². The molecule has 1 heterocycles. The van der Waals surface area contributed by atoms with Crippen molar-refractivity contribution < 1.29 is 46.5 Å². The summed E-state index contributed by atoms with van der Waals surface area (Å²) in [6, 6.07) is -2.28. The number of carboxylic acids is 2. The van der Waals surface area contributed by atoms with Gasteiger partial charge in [0, 0.05) is 19.7 Å². The molecule has 0 bridgehead atoms. The zero-order valence-electron chi connectivity index (χ0n) is 15.9. The molecule has 167 valence electrons. The number of aliphatic carboxylic acids is 2. The van der Waals surface area contributed by atoms with E-state index in [0.717, 1.165) is 6.92 Å². The van der Waals surface area contributed by atoms with Crippen molar-refractivity contribution in [2.24, 2.45) is 11.5 Å². The number of nitrogens with one attached hydrogen (secondary N) is 2. The number of carbonyl (C=O) groups excluding carboxylic acids is 3. The summed E-state index contributed by atoms with van der Waals surface area (Å²) in [5.74, 6) is -3.58. The average molecular weight is 462 g/mol. The summed E-state index contributed by atoms with van der Waals surface area (Å²) < 4.78 is 0. The van der Waals surface area contributed by atoms with Gasteiger partial charge in [0.2, 0.25) is 5.91 Å². The van der Waals surface area contributed by atoms with E-state index in [4.69, 9.17) is 21.4 Å². The molecule has 0 aliphatic rings. The van der Waals surface area contributed by atoms with Gasteiger partial charge in [0.1, 0.15) is 0 Å². The minimum Gasteiger partial charge on any atom is -0.642 e. The van der Waals surface area contributed by atoms with Gasteiger partial charge in [0.15, 0.2) is 0 Å². The van der Waals surface area contributed by atoms with Gasteiger partial charge in [-0.25, -0.2) is 4.98 Å². The van der Waals surface area contributed by atoms with Crippen LogP contribution >= 0.6 is 0 Å². The second kappa shape index (κ2) is 16.5. The molecule has 0 saturated carbocycles. The van der Waals surface area contributed by atoms with Crippen LogP contribution in [0.4, 0.5) is 0 Å². The maximum absolute atomic E-state index is 12.3. The molecular weight excluding hydrogens is 436 g/mol. The first kappa shape index (κ1) is 28.7. The van der Waals surface area contributed by atoms with Crippen LogP contribution < -0.4 is 21.9 Å². The molecule has 2 amide bonds. The number of H-pyrrole nitrogens is 1. The first-order chi connectivity index (χ1) is 13.2. The van der Waals surface area contributed by atoms with Crippen LogP contribution in [0.5, 0.6) is 0 Å². The Balaban J connectivity index is 0. The third-order valence-electron chi connectivity index (χ3n) is 3.28. The molecule has 1 aromatic rings. The number of aromatic amines is 1. The molecule has 0 fully saturated rings. The number of amides is 2. The van der Waals surface area contributed by atoms with Crippen LogP contribution in [0.2, 0.25) is 0 Å². The zero-order valence-corrected chi connectivity index (χ0v) is 16.8. The van der Waals surface area contributed by atoms with E-state index in [-0.39, 0.29) is 36.5 Å². The van der Waals surface area contributed by atoms with Gasteiger partial charge in [-0.3, -0.25) is 9.59 Å². The van der Waals surface area contributed by atoms with E-state index in [1.54, 1.807) is 6.20 Å². The maximum Gasteiger partial charge on any atom is 2.00 e. The van der Waals surface area contributed by atoms with Gasteiger partial charge in [-0.1, -0.05) is 0 Å². The summed E-state index contributed by atoms with van der Waals surface area (Å²) in [6.07, 6.45) is 4.37. The third-order valence-corrected chi connectivity index (χ3v) is 3.28. The Morgan fingerprint density at radius 3 is 2.38 bits per heavy atom. The van der Waals surface area contributed by atoms with Gasteiger partial charge in [-0.05, 0) is 38.3 Å². The number of carbonyl (C=O) groups is 4. The van der Waals surface area contributed by atoms with Crippen LogP contribution in [0.25, 0.3) is 5.32 Å². The van der Waals surface area contributed by atoms with Gasteiger partial charge in [-0.2, -0.15) is 0 Å². The van der Waals surface area contributed by atoms with Crippen molar-refractivity contribution in [3.63, 3.8) is 0 Å². The summed E-state index contributed by atoms with van der Waals surface area (Å²) in [6.45, 7) is 1.17. The van der Waals surface area contributed by atoms with Gasteiger partial charge >= 0.3 is 17.1 Å². The summed E-state index contributed by atoms with van der Waals surface area (Å²) in [4.78, 5) is 50.6. The predicted octanol–water partition coefficient (Wildman–Crippen LogP) is -2.37. The average Bonchev–Trinajstić information content (AvgIpc) is 3.12. The number of unbranched alkanes of at least 4 members (excludes halogenated alkanes) is 1. The molecule has 0 unspecified atom stereocenters. The Bertz CT molecular complexity index is 623. The van der Waals surface area contributed by atoms with E-state index in [0.29, 0.717) is 25.1 Å². The number of nitrogens with zero attached hydrogens (tertiary/aromatic N) is 2. The molecule has 1 radical (unpaired) electrons. The smallest absolute Gasteiger partial charge is 0.642 e. The van der Waals surface area contributed by atoms with Crippen LogP contribution in [0.1, 0.15) is 31.9 Å². The SMILES string of the molecule is CC(=O)O.NCCCC[C@H](NC(=O)[C@H](Cc1c[nH]cn1)[N-]C(=O)CN)C(=O)[O-].[Cu+2]. The molecule has 1 rings (SSSR count). The molecule has 2 atom stereocenters. The van der Waals surface area contributed by atoms with Gasteiger partial charge in [0.05, 0.1) is 29.9 Å². The van der Waals surface area contributed by atoms with Crippen LogP contribution in [0.3, 0.4) is 0 Å². The minimum absolute atomic E-state index is 0. The predicted molar refractivity (Wildman–Crippen MR) is 96.7 cm³/mol. The Kier molecular flexibility index (Phi) is 16.3. The van der Waals surface area contributed by atoms with E-state index in [2.05, 4.69) is 20.6 Å². The van der Waals surface area contributed by atoms with Crippen molar-refractivity contribution >= 4 is 23.8 Å². The zero-order chi connectivity index (χ0) is 21.5. The molecule has 29 heavy (non-hydrogen) atoms. The molecule has 0 aromatic carbocycles. The number of rotatable bonds is 11. The number of carboxylic acid groups (broad SMARTS) is 2. The normalized spacial score (nSPS) is 11.7. The Morgan fingerprint density at radius 2 is 1.93 bits per heavy atom. The first-order valence-electron chi connectivity index (χ1n) is 8.53. The molecule has 0 aliphatic carbocycles. The number of hydrogen-bond acceptors (Lipinski definition) is 8. The van der Waals surface area contributed by atoms with Crippen LogP contribution in [-0.2, 0) is 42.7 Å². The monoisotopic (exact) mass is 461 g/mol. The van der Waals surface area contributed by atoms with Gasteiger partial charge in [-0.15, -0.1) is 0 Å². The molecule has 1 aromatic heterocycles. The summed E-state index contributed by atoms with van der Waals surface area (Å²) in [5, 5.41) is 24.6. The molecule has 0 aliphatic heterocycles. The van der Waals surface area contributed by atoms with Crippen LogP contribution in [0, 0.1) is 0 Å². The van der Waals surface area contributed by atoms with Crippen molar-refractivity contribution in [3.8, 4) is 0 Å². The second-order valence-corrected chi connectivity index (χ2v) is 5.69. The molecule has 12 nitrogen and oxygen atoms in total. The van der Waals surface area contributed by atoms with Crippen LogP contribution in [0.15, 0.2) is 12.5 Å². The standard InChI is InChI=1S/C14H24N6O4.C2H4O2.Cu/c15-4-2-1-3-10(14(23)24)20-13(22)11(19-12(21)6-16)5-9-7-17-8-18-9;1-2(3)4;/h7-8,10-11H,1-6,15-16H2,(H4,17,18,19,20,21,22,23,24);1H3,(H,3,4);/q;;+2/p-2/t10-,11-;;/m0../s1. The topological polar surface area (TPSA) is 218 Å². The molecular formula is C16H26CuN6O6. The van der Waals surface area contributed by atoms with E-state index in [1.165, 1.54) is 6.33 Å². The van der Waals surface area contributed by atoms with E-state index in [9.17, 15) is 19.5 Å². The van der Waals surface area contributed by atoms with Crippen molar-refractivity contribution in [3.05, 3.63) is 23.5 Å².